The molecular formula is C21H26BF4N3. The van der Waals surface area contributed by atoms with Crippen molar-refractivity contribution < 1.29 is 21.8 Å². The van der Waals surface area contributed by atoms with Gasteiger partial charge in [0.2, 0.25) is 0 Å². The molecule has 0 unspecified atom stereocenters. The first-order valence-electron chi connectivity index (χ1n) is 9.66. The van der Waals surface area contributed by atoms with Gasteiger partial charge in [0, 0.05) is 5.10 Å². The van der Waals surface area contributed by atoms with Crippen LogP contribution in [0.5, 0.6) is 0 Å². The van der Waals surface area contributed by atoms with Crippen molar-refractivity contribution >= 4 is 7.25 Å². The molecule has 1 aromatic heterocycles. The van der Waals surface area contributed by atoms with Crippen LogP contribution < -0.4 is 4.57 Å². The SMILES string of the molecule is CCC[n+]1c(-c2ccc(C)cc2)nn(CC)c1-c1ccc(C)cc1.F[B-](F)(F)F. The minimum Gasteiger partial charge on any atom is -0.418 e. The maximum absolute atomic E-state index is 9.75. The molecule has 0 saturated carbocycles. The van der Waals surface area contributed by atoms with Crippen LogP contribution in [0.1, 0.15) is 31.4 Å². The van der Waals surface area contributed by atoms with Crippen LogP contribution in [0.4, 0.5) is 17.3 Å². The molecule has 29 heavy (non-hydrogen) atoms. The van der Waals surface area contributed by atoms with Crippen LogP contribution in [0.25, 0.3) is 22.8 Å². The number of rotatable bonds is 5. The summed E-state index contributed by atoms with van der Waals surface area (Å²) < 4.78 is 43.5. The van der Waals surface area contributed by atoms with E-state index in [1.54, 1.807) is 0 Å². The third kappa shape index (κ3) is 6.44. The number of halogens is 4. The van der Waals surface area contributed by atoms with E-state index in [0.717, 1.165) is 25.3 Å². The predicted molar refractivity (Wildman–Crippen MR) is 109 cm³/mol. The van der Waals surface area contributed by atoms with Crippen LogP contribution in [0.3, 0.4) is 0 Å². The Morgan fingerprint density at radius 2 is 1.28 bits per heavy atom. The Labute approximate surface area is 169 Å². The van der Waals surface area contributed by atoms with Gasteiger partial charge in [0.1, 0.15) is 6.54 Å². The fourth-order valence-corrected chi connectivity index (χ4v) is 3.03. The van der Waals surface area contributed by atoms with E-state index in [9.17, 15) is 17.3 Å². The van der Waals surface area contributed by atoms with Gasteiger partial charge in [-0.15, -0.1) is 4.68 Å². The van der Waals surface area contributed by atoms with Crippen LogP contribution in [0.2, 0.25) is 0 Å². The first-order valence-corrected chi connectivity index (χ1v) is 9.66. The molecule has 0 N–H and O–H groups in total. The van der Waals surface area contributed by atoms with Gasteiger partial charge in [-0.3, -0.25) is 0 Å². The molecule has 0 aliphatic heterocycles. The maximum Gasteiger partial charge on any atom is 0.673 e. The largest absolute Gasteiger partial charge is 0.673 e. The first-order chi connectivity index (χ1) is 13.6. The van der Waals surface area contributed by atoms with E-state index >= 15 is 0 Å². The number of aryl methyl sites for hydroxylation is 3. The number of aromatic nitrogens is 3. The summed E-state index contributed by atoms with van der Waals surface area (Å²) in [5.74, 6) is 2.24. The fraction of sp³-hybridized carbons (Fsp3) is 0.333. The molecule has 3 nitrogen and oxygen atoms in total. The highest BCUT2D eigenvalue weighted by molar-refractivity contribution is 6.50. The molecule has 0 aliphatic rings. The average Bonchev–Trinajstić information content (AvgIpc) is 3.00. The van der Waals surface area contributed by atoms with E-state index in [4.69, 9.17) is 5.10 Å². The second kappa shape index (κ2) is 9.72. The lowest BCUT2D eigenvalue weighted by Gasteiger charge is -2.05. The highest BCUT2D eigenvalue weighted by atomic mass is 19.5. The third-order valence-electron chi connectivity index (χ3n) is 4.34. The van der Waals surface area contributed by atoms with Gasteiger partial charge in [-0.1, -0.05) is 42.3 Å². The van der Waals surface area contributed by atoms with Crippen molar-refractivity contribution in [2.45, 2.75) is 47.2 Å². The molecular weight excluding hydrogens is 381 g/mol. The van der Waals surface area contributed by atoms with Crippen LogP contribution in [0.15, 0.2) is 48.5 Å². The minimum absolute atomic E-state index is 0.860. The number of benzene rings is 2. The van der Waals surface area contributed by atoms with E-state index in [1.807, 2.05) is 0 Å². The summed E-state index contributed by atoms with van der Waals surface area (Å²) in [5.41, 5.74) is 4.95. The predicted octanol–water partition coefficient (Wildman–Crippen LogP) is 5.85. The molecule has 0 radical (unpaired) electrons. The number of hydrogen-bond donors (Lipinski definition) is 0. The molecule has 0 amide bonds. The monoisotopic (exact) mass is 407 g/mol. The maximum atomic E-state index is 9.75. The van der Waals surface area contributed by atoms with E-state index in [0.29, 0.717) is 0 Å². The lowest BCUT2D eigenvalue weighted by Crippen LogP contribution is -2.37. The first kappa shape index (κ1) is 22.7. The normalized spacial score (nSPS) is 11.2. The van der Waals surface area contributed by atoms with E-state index in [-0.39, 0.29) is 0 Å². The number of nitrogens with zero attached hydrogens (tertiary/aromatic N) is 3. The topological polar surface area (TPSA) is 21.7 Å². The van der Waals surface area contributed by atoms with Crippen molar-refractivity contribution in [2.75, 3.05) is 0 Å². The zero-order valence-electron chi connectivity index (χ0n) is 17.2. The summed E-state index contributed by atoms with van der Waals surface area (Å²) in [6, 6.07) is 17.4. The van der Waals surface area contributed by atoms with Crippen LogP contribution in [0, 0.1) is 13.8 Å². The average molecular weight is 407 g/mol. The van der Waals surface area contributed by atoms with Gasteiger partial charge in [-0.05, 0) is 51.5 Å². The van der Waals surface area contributed by atoms with Gasteiger partial charge in [-0.25, -0.2) is 4.57 Å². The molecule has 3 rings (SSSR count). The van der Waals surface area contributed by atoms with Crippen molar-refractivity contribution in [1.82, 2.24) is 9.78 Å². The standard InChI is InChI=1S/C21H26N3.BF4/c1-5-15-23-20(18-11-7-16(3)8-12-18)22-24(6-2)21(23)19-13-9-17(4)10-14-19;2-1(3,4)5/h7-14H,5-6,15H2,1-4H3;/q+1;-1. The van der Waals surface area contributed by atoms with Crippen molar-refractivity contribution in [1.29, 1.82) is 0 Å². The van der Waals surface area contributed by atoms with Gasteiger partial charge in [0.15, 0.2) is 0 Å². The second-order valence-corrected chi connectivity index (χ2v) is 6.84. The molecule has 156 valence electrons. The van der Waals surface area contributed by atoms with Crippen molar-refractivity contribution in [3.8, 4) is 22.8 Å². The highest BCUT2D eigenvalue weighted by Gasteiger charge is 2.26. The molecule has 1 heterocycles. The molecule has 8 heteroatoms. The van der Waals surface area contributed by atoms with Crippen LogP contribution >= 0.6 is 0 Å². The zero-order chi connectivity index (χ0) is 21.6. The van der Waals surface area contributed by atoms with Crippen LogP contribution in [-0.2, 0) is 13.1 Å². The molecule has 0 spiro atoms. The Bertz CT molecular complexity index is 911. The summed E-state index contributed by atoms with van der Waals surface area (Å²) >= 11 is 0. The van der Waals surface area contributed by atoms with E-state index in [1.165, 1.54) is 28.1 Å². The molecule has 3 aromatic rings. The van der Waals surface area contributed by atoms with Crippen LogP contribution in [-0.4, -0.2) is 17.0 Å². The smallest absolute Gasteiger partial charge is 0.418 e. The summed E-state index contributed by atoms with van der Waals surface area (Å²) in [6.45, 7) is 10.4. The van der Waals surface area contributed by atoms with Gasteiger partial charge in [0.05, 0.1) is 17.7 Å². The van der Waals surface area contributed by atoms with Crippen molar-refractivity contribution in [3.05, 3.63) is 59.7 Å². The van der Waals surface area contributed by atoms with Gasteiger partial charge in [0.25, 0.3) is 5.82 Å². The highest BCUT2D eigenvalue weighted by Crippen LogP contribution is 2.22. The lowest BCUT2D eigenvalue weighted by atomic mass is 10.1. The molecule has 0 atom stereocenters. The van der Waals surface area contributed by atoms with E-state index in [2.05, 4.69) is 85.5 Å². The third-order valence-corrected chi connectivity index (χ3v) is 4.34. The lowest BCUT2D eigenvalue weighted by molar-refractivity contribution is -0.676. The van der Waals surface area contributed by atoms with Gasteiger partial charge in [-0.2, -0.15) is 0 Å². The quantitative estimate of drug-likeness (QED) is 0.295. The Kier molecular flexibility index (Phi) is 7.59. The molecule has 2 aromatic carbocycles. The zero-order valence-corrected chi connectivity index (χ0v) is 17.2. The number of hydrogen-bond acceptors (Lipinski definition) is 1. The second-order valence-electron chi connectivity index (χ2n) is 6.84. The summed E-state index contributed by atoms with van der Waals surface area (Å²) in [7, 11) is -6.00. The summed E-state index contributed by atoms with van der Waals surface area (Å²) in [4.78, 5) is 0. The molecule has 0 saturated heterocycles. The Morgan fingerprint density at radius 3 is 1.69 bits per heavy atom. The van der Waals surface area contributed by atoms with Gasteiger partial charge >= 0.3 is 13.1 Å². The van der Waals surface area contributed by atoms with Gasteiger partial charge < -0.3 is 17.3 Å². The summed E-state index contributed by atoms with van der Waals surface area (Å²) in [6.07, 6.45) is 1.08. The molecule has 0 aliphatic carbocycles. The van der Waals surface area contributed by atoms with Crippen molar-refractivity contribution in [2.24, 2.45) is 0 Å². The Balaban J connectivity index is 0.000000537. The molecule has 0 fully saturated rings. The van der Waals surface area contributed by atoms with E-state index < -0.39 is 7.25 Å². The molecule has 0 bridgehead atoms. The van der Waals surface area contributed by atoms with Crippen molar-refractivity contribution in [3.63, 3.8) is 0 Å². The Hall–Kier alpha value is -2.64. The summed E-state index contributed by atoms with van der Waals surface area (Å²) in [5, 5.41) is 4.93. The minimum atomic E-state index is -6.00. The fourth-order valence-electron chi connectivity index (χ4n) is 3.03. The Morgan fingerprint density at radius 1 is 0.828 bits per heavy atom.